The smallest absolute Gasteiger partial charge is 0.225 e. The molecule has 0 saturated heterocycles. The Morgan fingerprint density at radius 1 is 1.47 bits per heavy atom. The number of aromatic nitrogens is 4. The van der Waals surface area contributed by atoms with Crippen molar-refractivity contribution in [3.05, 3.63) is 36.2 Å². The molecule has 2 aromatic heterocycles. The second-order valence-corrected chi connectivity index (χ2v) is 4.75. The van der Waals surface area contributed by atoms with Gasteiger partial charge in [-0.05, 0) is 13.0 Å². The molecule has 2 aromatic rings. The minimum atomic E-state index is -0.125. The van der Waals surface area contributed by atoms with Gasteiger partial charge in [0.2, 0.25) is 5.91 Å². The van der Waals surface area contributed by atoms with Gasteiger partial charge in [-0.3, -0.25) is 9.48 Å². The highest BCUT2D eigenvalue weighted by Crippen LogP contribution is 2.02. The van der Waals surface area contributed by atoms with Crippen molar-refractivity contribution in [1.82, 2.24) is 24.6 Å². The normalized spacial score (nSPS) is 12.4. The molecule has 1 amide bonds. The highest BCUT2D eigenvalue weighted by molar-refractivity contribution is 5.78. The number of carbonyl (C=O) groups excluding carboxylic acids is 1. The summed E-state index contributed by atoms with van der Waals surface area (Å²) in [7, 11) is 1.91. The number of carbonyl (C=O) groups is 1. The van der Waals surface area contributed by atoms with Crippen LogP contribution in [0.3, 0.4) is 0 Å². The fourth-order valence-electron chi connectivity index (χ4n) is 1.84. The van der Waals surface area contributed by atoms with Crippen LogP contribution >= 0.6 is 0 Å². The van der Waals surface area contributed by atoms with Crippen molar-refractivity contribution >= 4 is 5.91 Å². The first-order valence-electron chi connectivity index (χ1n) is 6.30. The van der Waals surface area contributed by atoms with E-state index in [2.05, 4.69) is 15.4 Å². The van der Waals surface area contributed by atoms with Crippen molar-refractivity contribution in [2.75, 3.05) is 0 Å². The van der Waals surface area contributed by atoms with Crippen LogP contribution in [0, 0.1) is 12.8 Å². The fourth-order valence-corrected chi connectivity index (χ4v) is 1.84. The molecule has 0 aromatic carbocycles. The van der Waals surface area contributed by atoms with Crippen LogP contribution in [0.2, 0.25) is 0 Å². The Hall–Kier alpha value is -2.11. The maximum Gasteiger partial charge on any atom is 0.225 e. The standard InChI is InChI=1S/C13H19N5O/c1-10(9-18-6-4-11(2)16-18)13(19)15-8-12-14-5-7-17(12)3/h4-7,10H,8-9H2,1-3H3,(H,15,19). The number of imidazole rings is 1. The molecule has 1 atom stereocenters. The average molecular weight is 261 g/mol. The molecule has 19 heavy (non-hydrogen) atoms. The summed E-state index contributed by atoms with van der Waals surface area (Å²) in [5.41, 5.74) is 0.959. The van der Waals surface area contributed by atoms with E-state index in [1.165, 1.54) is 0 Å². The lowest BCUT2D eigenvalue weighted by molar-refractivity contribution is -0.125. The molecule has 0 radical (unpaired) electrons. The number of hydrogen-bond acceptors (Lipinski definition) is 3. The van der Waals surface area contributed by atoms with E-state index in [4.69, 9.17) is 0 Å². The van der Waals surface area contributed by atoms with Crippen LogP contribution in [0.1, 0.15) is 18.4 Å². The molecular formula is C13H19N5O. The number of nitrogens with zero attached hydrogens (tertiary/aromatic N) is 4. The van der Waals surface area contributed by atoms with E-state index < -0.39 is 0 Å². The Kier molecular flexibility index (Phi) is 3.99. The number of hydrogen-bond donors (Lipinski definition) is 1. The molecule has 0 fully saturated rings. The van der Waals surface area contributed by atoms with Gasteiger partial charge in [-0.25, -0.2) is 4.98 Å². The lowest BCUT2D eigenvalue weighted by Gasteiger charge is -2.12. The summed E-state index contributed by atoms with van der Waals surface area (Å²) in [6, 6.07) is 1.93. The van der Waals surface area contributed by atoms with Crippen molar-refractivity contribution in [2.24, 2.45) is 13.0 Å². The van der Waals surface area contributed by atoms with Gasteiger partial charge in [0.1, 0.15) is 5.82 Å². The van der Waals surface area contributed by atoms with Gasteiger partial charge >= 0.3 is 0 Å². The third kappa shape index (κ3) is 3.43. The molecule has 6 heteroatoms. The van der Waals surface area contributed by atoms with E-state index in [1.54, 1.807) is 10.9 Å². The molecule has 0 saturated carbocycles. The van der Waals surface area contributed by atoms with Crippen LogP contribution in [0.15, 0.2) is 24.7 Å². The zero-order chi connectivity index (χ0) is 13.8. The molecule has 2 rings (SSSR count). The van der Waals surface area contributed by atoms with E-state index in [-0.39, 0.29) is 11.8 Å². The monoisotopic (exact) mass is 261 g/mol. The maximum atomic E-state index is 12.0. The van der Waals surface area contributed by atoms with Gasteiger partial charge in [0.25, 0.3) is 0 Å². The number of rotatable bonds is 5. The summed E-state index contributed by atoms with van der Waals surface area (Å²) < 4.78 is 3.68. The quantitative estimate of drug-likeness (QED) is 0.869. The SMILES string of the molecule is Cc1ccn(CC(C)C(=O)NCc2nccn2C)n1. The van der Waals surface area contributed by atoms with Gasteiger partial charge in [-0.1, -0.05) is 6.92 Å². The van der Waals surface area contributed by atoms with E-state index >= 15 is 0 Å². The van der Waals surface area contributed by atoms with Crippen LogP contribution in [0.5, 0.6) is 0 Å². The Morgan fingerprint density at radius 3 is 2.84 bits per heavy atom. The van der Waals surface area contributed by atoms with Gasteiger partial charge in [0, 0.05) is 25.6 Å². The summed E-state index contributed by atoms with van der Waals surface area (Å²) in [5, 5.41) is 7.17. The molecule has 1 N–H and O–H groups in total. The van der Waals surface area contributed by atoms with Crippen molar-refractivity contribution in [3.8, 4) is 0 Å². The third-order valence-corrected chi connectivity index (χ3v) is 3.02. The first-order chi connectivity index (χ1) is 9.06. The minimum Gasteiger partial charge on any atom is -0.349 e. The fraction of sp³-hybridized carbons (Fsp3) is 0.462. The molecule has 0 bridgehead atoms. The molecule has 0 aliphatic carbocycles. The first kappa shape index (κ1) is 13.3. The molecule has 6 nitrogen and oxygen atoms in total. The Bertz CT molecular complexity index is 557. The predicted molar refractivity (Wildman–Crippen MR) is 71.2 cm³/mol. The van der Waals surface area contributed by atoms with Crippen molar-refractivity contribution in [2.45, 2.75) is 26.9 Å². The van der Waals surface area contributed by atoms with Crippen LogP contribution < -0.4 is 5.32 Å². The Morgan fingerprint density at radius 2 is 2.26 bits per heavy atom. The predicted octanol–water partition coefficient (Wildman–Crippen LogP) is 0.878. The summed E-state index contributed by atoms with van der Waals surface area (Å²) in [4.78, 5) is 16.1. The van der Waals surface area contributed by atoms with E-state index in [0.717, 1.165) is 11.5 Å². The van der Waals surface area contributed by atoms with Gasteiger partial charge in [0.15, 0.2) is 0 Å². The van der Waals surface area contributed by atoms with Gasteiger partial charge < -0.3 is 9.88 Å². The summed E-state index contributed by atoms with van der Waals surface area (Å²) >= 11 is 0. The summed E-state index contributed by atoms with van der Waals surface area (Å²) in [5.74, 6) is 0.728. The van der Waals surface area contributed by atoms with Crippen LogP contribution in [-0.4, -0.2) is 25.2 Å². The maximum absolute atomic E-state index is 12.0. The highest BCUT2D eigenvalue weighted by atomic mass is 16.1. The Labute approximate surface area is 112 Å². The molecular weight excluding hydrogens is 242 g/mol. The van der Waals surface area contributed by atoms with Crippen molar-refractivity contribution in [3.63, 3.8) is 0 Å². The highest BCUT2D eigenvalue weighted by Gasteiger charge is 2.14. The minimum absolute atomic E-state index is 0.0103. The van der Waals surface area contributed by atoms with Gasteiger partial charge in [0.05, 0.1) is 24.7 Å². The second kappa shape index (κ2) is 5.69. The largest absolute Gasteiger partial charge is 0.349 e. The molecule has 0 spiro atoms. The molecule has 102 valence electrons. The molecule has 1 unspecified atom stereocenters. The second-order valence-electron chi connectivity index (χ2n) is 4.75. The number of nitrogens with one attached hydrogen (secondary N) is 1. The number of amides is 1. The molecule has 0 aliphatic heterocycles. The number of aryl methyl sites for hydroxylation is 2. The van der Waals surface area contributed by atoms with Crippen molar-refractivity contribution < 1.29 is 4.79 Å². The first-order valence-corrected chi connectivity index (χ1v) is 6.30. The van der Waals surface area contributed by atoms with E-state index in [0.29, 0.717) is 13.1 Å². The molecule has 0 aliphatic rings. The van der Waals surface area contributed by atoms with Gasteiger partial charge in [-0.2, -0.15) is 5.10 Å². The van der Waals surface area contributed by atoms with E-state index in [1.807, 2.05) is 43.9 Å². The lowest BCUT2D eigenvalue weighted by Crippen LogP contribution is -2.32. The van der Waals surface area contributed by atoms with Crippen LogP contribution in [0.4, 0.5) is 0 Å². The van der Waals surface area contributed by atoms with Gasteiger partial charge in [-0.15, -0.1) is 0 Å². The summed E-state index contributed by atoms with van der Waals surface area (Å²) in [6.45, 7) is 4.86. The zero-order valence-electron chi connectivity index (χ0n) is 11.5. The van der Waals surface area contributed by atoms with E-state index in [9.17, 15) is 4.79 Å². The van der Waals surface area contributed by atoms with Crippen molar-refractivity contribution in [1.29, 1.82) is 0 Å². The summed E-state index contributed by atoms with van der Waals surface area (Å²) in [6.07, 6.45) is 5.47. The zero-order valence-corrected chi connectivity index (χ0v) is 11.5. The van der Waals surface area contributed by atoms with Crippen LogP contribution in [0.25, 0.3) is 0 Å². The average Bonchev–Trinajstić information content (AvgIpc) is 2.95. The topological polar surface area (TPSA) is 64.7 Å². The van der Waals surface area contributed by atoms with Crippen LogP contribution in [-0.2, 0) is 24.9 Å². The lowest BCUT2D eigenvalue weighted by atomic mass is 10.1. The molecule has 2 heterocycles. The Balaban J connectivity index is 1.84. The third-order valence-electron chi connectivity index (χ3n) is 3.02.